The predicted octanol–water partition coefficient (Wildman–Crippen LogP) is 3.95. The van der Waals surface area contributed by atoms with Crippen molar-refractivity contribution >= 4 is 34.0 Å². The van der Waals surface area contributed by atoms with Crippen molar-refractivity contribution in [1.29, 1.82) is 0 Å². The fourth-order valence-electron chi connectivity index (χ4n) is 3.97. The maximum absolute atomic E-state index is 14.9. The molecule has 0 bridgehead atoms. The van der Waals surface area contributed by atoms with Gasteiger partial charge in [0.1, 0.15) is 22.6 Å². The molecule has 0 unspecified atom stereocenters. The first-order valence-electron chi connectivity index (χ1n) is 10.6. The van der Waals surface area contributed by atoms with Crippen molar-refractivity contribution in [2.24, 2.45) is 0 Å². The molecule has 168 valence electrons. The zero-order valence-corrected chi connectivity index (χ0v) is 18.0. The lowest BCUT2D eigenvalue weighted by atomic mass is 10.1. The zero-order valence-electron chi connectivity index (χ0n) is 18.0. The molecule has 0 spiro atoms. The topological polar surface area (TPSA) is 83.7 Å². The van der Waals surface area contributed by atoms with Gasteiger partial charge in [-0.3, -0.25) is 4.79 Å². The summed E-state index contributed by atoms with van der Waals surface area (Å²) in [5, 5.41) is 10.2. The second-order valence-corrected chi connectivity index (χ2v) is 7.76. The Bertz CT molecular complexity index is 1280. The van der Waals surface area contributed by atoms with Crippen LogP contribution in [-0.2, 0) is 0 Å². The summed E-state index contributed by atoms with van der Waals surface area (Å²) in [6.07, 6.45) is 0. The lowest BCUT2D eigenvalue weighted by Crippen LogP contribution is -2.46. The van der Waals surface area contributed by atoms with Gasteiger partial charge in [0.05, 0.1) is 12.8 Å². The molecule has 1 saturated heterocycles. The van der Waals surface area contributed by atoms with Gasteiger partial charge in [-0.1, -0.05) is 0 Å². The molecule has 1 N–H and O–H groups in total. The highest BCUT2D eigenvalue weighted by Crippen LogP contribution is 2.26. The Kier molecular flexibility index (Phi) is 5.52. The molecule has 9 heteroatoms. The summed E-state index contributed by atoms with van der Waals surface area (Å²) < 4.78 is 24.8. The molecule has 1 amide bonds. The molecule has 5 rings (SSSR count). The Morgan fingerprint density at radius 2 is 1.67 bits per heavy atom. The van der Waals surface area contributed by atoms with Crippen molar-refractivity contribution in [1.82, 2.24) is 10.3 Å². The Hall–Kier alpha value is -4.14. The lowest BCUT2D eigenvalue weighted by Gasteiger charge is -2.37. The number of aromatic nitrogens is 2. The summed E-state index contributed by atoms with van der Waals surface area (Å²) in [7, 11) is 1.65. The number of anilines is 3. The molecule has 4 aromatic rings. The van der Waals surface area contributed by atoms with E-state index in [1.807, 2.05) is 29.2 Å². The molecule has 0 radical (unpaired) electrons. The van der Waals surface area contributed by atoms with Crippen LogP contribution >= 0.6 is 0 Å². The predicted molar refractivity (Wildman–Crippen MR) is 124 cm³/mol. The number of piperazine rings is 1. The molecule has 33 heavy (non-hydrogen) atoms. The Balaban J connectivity index is 1.23. The van der Waals surface area contributed by atoms with Crippen LogP contribution in [0, 0.1) is 5.82 Å². The number of nitrogens with zero attached hydrogens (tertiary/aromatic N) is 4. The fraction of sp³-hybridized carbons (Fsp3) is 0.208. The van der Waals surface area contributed by atoms with Crippen molar-refractivity contribution in [2.75, 3.05) is 48.4 Å². The van der Waals surface area contributed by atoms with Gasteiger partial charge in [-0.05, 0) is 71.0 Å². The third-order valence-corrected chi connectivity index (χ3v) is 5.78. The number of benzene rings is 3. The van der Waals surface area contributed by atoms with E-state index in [-0.39, 0.29) is 11.7 Å². The fourth-order valence-corrected chi connectivity index (χ4v) is 3.97. The van der Waals surface area contributed by atoms with Gasteiger partial charge in [-0.2, -0.15) is 0 Å². The number of ether oxygens (including phenoxy) is 1. The molecule has 0 atom stereocenters. The van der Waals surface area contributed by atoms with E-state index in [2.05, 4.69) is 25.2 Å². The molecule has 3 aromatic carbocycles. The molecule has 0 saturated carbocycles. The Morgan fingerprint density at radius 3 is 2.39 bits per heavy atom. The number of carbonyl (C=O) groups is 1. The number of halogens is 1. The third-order valence-electron chi connectivity index (χ3n) is 5.78. The van der Waals surface area contributed by atoms with Crippen LogP contribution in [0.1, 0.15) is 10.4 Å². The second-order valence-electron chi connectivity index (χ2n) is 7.76. The molecular formula is C24H22FN5O3. The number of hydrogen-bond acceptors (Lipinski definition) is 7. The van der Waals surface area contributed by atoms with Gasteiger partial charge in [-0.15, -0.1) is 0 Å². The summed E-state index contributed by atoms with van der Waals surface area (Å²) in [4.78, 5) is 16.8. The minimum Gasteiger partial charge on any atom is -0.497 e. The van der Waals surface area contributed by atoms with Crippen molar-refractivity contribution in [3.05, 3.63) is 72.0 Å². The van der Waals surface area contributed by atoms with E-state index in [1.165, 1.54) is 6.07 Å². The van der Waals surface area contributed by atoms with Gasteiger partial charge in [0.25, 0.3) is 5.91 Å². The first-order valence-corrected chi connectivity index (χ1v) is 10.6. The lowest BCUT2D eigenvalue weighted by molar-refractivity contribution is 0.102. The number of fused-ring (bicyclic) bond motifs is 1. The van der Waals surface area contributed by atoms with Crippen molar-refractivity contribution in [3.63, 3.8) is 0 Å². The van der Waals surface area contributed by atoms with E-state index in [0.29, 0.717) is 41.1 Å². The van der Waals surface area contributed by atoms with Crippen LogP contribution < -0.4 is 19.9 Å². The highest BCUT2D eigenvalue weighted by molar-refractivity contribution is 6.05. The van der Waals surface area contributed by atoms with Crippen LogP contribution in [0.2, 0.25) is 0 Å². The van der Waals surface area contributed by atoms with E-state index in [9.17, 15) is 9.18 Å². The number of amides is 1. The van der Waals surface area contributed by atoms with E-state index >= 15 is 0 Å². The van der Waals surface area contributed by atoms with E-state index in [0.717, 1.165) is 24.5 Å². The maximum Gasteiger partial charge on any atom is 0.255 e. The van der Waals surface area contributed by atoms with Crippen LogP contribution in [0.25, 0.3) is 11.0 Å². The molecule has 1 aromatic heterocycles. The van der Waals surface area contributed by atoms with Crippen molar-refractivity contribution in [3.8, 4) is 5.75 Å². The SMILES string of the molecule is COc1ccc(N2CCN(c3ccc(NC(=O)c4ccc5nonc5c4)cc3F)CC2)cc1. The summed E-state index contributed by atoms with van der Waals surface area (Å²) in [6.45, 7) is 2.95. The van der Waals surface area contributed by atoms with Gasteiger partial charge in [0.15, 0.2) is 0 Å². The van der Waals surface area contributed by atoms with Gasteiger partial charge in [0.2, 0.25) is 0 Å². The Labute approximate surface area is 189 Å². The minimum absolute atomic E-state index is 0.361. The Morgan fingerprint density at radius 1 is 0.939 bits per heavy atom. The number of nitrogens with one attached hydrogen (secondary N) is 1. The third kappa shape index (κ3) is 4.30. The molecule has 2 heterocycles. The summed E-state index contributed by atoms with van der Waals surface area (Å²) in [5.74, 6) is 0.0874. The van der Waals surface area contributed by atoms with E-state index in [1.54, 1.807) is 37.4 Å². The molecule has 1 fully saturated rings. The monoisotopic (exact) mass is 447 g/mol. The molecule has 8 nitrogen and oxygen atoms in total. The highest BCUT2D eigenvalue weighted by Gasteiger charge is 2.20. The van der Waals surface area contributed by atoms with Crippen molar-refractivity contribution < 1.29 is 18.6 Å². The minimum atomic E-state index is -0.373. The normalized spacial score (nSPS) is 13.9. The molecule has 0 aliphatic carbocycles. The molecule has 1 aliphatic rings. The van der Waals surface area contributed by atoms with Gasteiger partial charge < -0.3 is 19.9 Å². The standard InChI is InChI=1S/C24H22FN5O3/c1-32-19-6-4-18(5-7-19)29-10-12-30(13-11-29)23-9-3-17(15-20(23)25)26-24(31)16-2-8-21-22(14-16)28-33-27-21/h2-9,14-15H,10-13H2,1H3,(H,26,31). The smallest absolute Gasteiger partial charge is 0.255 e. The van der Waals surface area contributed by atoms with E-state index in [4.69, 9.17) is 4.74 Å². The number of carbonyl (C=O) groups excluding carboxylic acids is 1. The maximum atomic E-state index is 14.9. The van der Waals surface area contributed by atoms with Crippen LogP contribution in [0.3, 0.4) is 0 Å². The average molecular weight is 447 g/mol. The number of hydrogen-bond donors (Lipinski definition) is 1. The number of methoxy groups -OCH3 is 1. The van der Waals surface area contributed by atoms with Gasteiger partial charge >= 0.3 is 0 Å². The summed E-state index contributed by atoms with van der Waals surface area (Å²) in [6, 6.07) is 17.6. The zero-order chi connectivity index (χ0) is 22.8. The highest BCUT2D eigenvalue weighted by atomic mass is 19.1. The average Bonchev–Trinajstić information content (AvgIpc) is 3.32. The number of rotatable bonds is 5. The first-order chi connectivity index (χ1) is 16.1. The van der Waals surface area contributed by atoms with Crippen LogP contribution in [-0.4, -0.2) is 49.5 Å². The van der Waals surface area contributed by atoms with Crippen LogP contribution in [0.5, 0.6) is 5.75 Å². The second kappa shape index (κ2) is 8.78. The van der Waals surface area contributed by atoms with Crippen LogP contribution in [0.4, 0.5) is 21.5 Å². The largest absolute Gasteiger partial charge is 0.497 e. The van der Waals surface area contributed by atoms with E-state index < -0.39 is 0 Å². The summed E-state index contributed by atoms with van der Waals surface area (Å²) in [5.41, 5.74) is 3.46. The van der Waals surface area contributed by atoms with Gasteiger partial charge in [-0.25, -0.2) is 9.02 Å². The van der Waals surface area contributed by atoms with Crippen LogP contribution in [0.15, 0.2) is 65.3 Å². The summed E-state index contributed by atoms with van der Waals surface area (Å²) >= 11 is 0. The van der Waals surface area contributed by atoms with Gasteiger partial charge in [0, 0.05) is 43.1 Å². The molecular weight excluding hydrogens is 425 g/mol. The first kappa shape index (κ1) is 20.7. The van der Waals surface area contributed by atoms with Crippen molar-refractivity contribution in [2.45, 2.75) is 0 Å². The quantitative estimate of drug-likeness (QED) is 0.496. The molecule has 1 aliphatic heterocycles.